The van der Waals surface area contributed by atoms with Crippen molar-refractivity contribution in [1.29, 1.82) is 0 Å². The molecule has 2 aromatic carbocycles. The van der Waals surface area contributed by atoms with Crippen LogP contribution in [0.25, 0.3) is 0 Å². The lowest BCUT2D eigenvalue weighted by Gasteiger charge is -2.15. The van der Waals surface area contributed by atoms with E-state index in [0.29, 0.717) is 11.0 Å². The van der Waals surface area contributed by atoms with E-state index in [1.165, 1.54) is 11.1 Å². The van der Waals surface area contributed by atoms with E-state index in [2.05, 4.69) is 54.0 Å². The molecule has 0 aliphatic rings. The van der Waals surface area contributed by atoms with Crippen molar-refractivity contribution < 1.29 is 0 Å². The van der Waals surface area contributed by atoms with E-state index >= 15 is 0 Å². The Hall–Kier alpha value is -1.87. The minimum atomic E-state index is 0.438. The fourth-order valence-corrected chi connectivity index (χ4v) is 2.14. The Labute approximate surface area is 126 Å². The molecule has 0 unspecified atom stereocenters. The maximum atomic E-state index is 5.30. The summed E-state index contributed by atoms with van der Waals surface area (Å²) in [6, 6.07) is 20.7. The number of hydrogen-bond acceptors (Lipinski definition) is 1. The van der Waals surface area contributed by atoms with Crippen LogP contribution in [0.4, 0.5) is 0 Å². The molecule has 0 bridgehead atoms. The molecule has 0 saturated carbocycles. The van der Waals surface area contributed by atoms with E-state index in [4.69, 9.17) is 12.2 Å². The van der Waals surface area contributed by atoms with Gasteiger partial charge in [-0.25, -0.2) is 0 Å². The monoisotopic (exact) mass is 284 g/mol. The molecule has 20 heavy (non-hydrogen) atoms. The number of benzene rings is 2. The molecular weight excluding hydrogens is 264 g/mol. The highest BCUT2D eigenvalue weighted by atomic mass is 32.1. The van der Waals surface area contributed by atoms with E-state index in [9.17, 15) is 0 Å². The first kappa shape index (κ1) is 14.5. The Balaban J connectivity index is 1.73. The van der Waals surface area contributed by atoms with Gasteiger partial charge in [-0.1, -0.05) is 67.6 Å². The third kappa shape index (κ3) is 4.67. The third-order valence-electron chi connectivity index (χ3n) is 3.23. The lowest BCUT2D eigenvalue weighted by Crippen LogP contribution is -2.36. The molecule has 1 atom stereocenters. The highest BCUT2D eigenvalue weighted by Gasteiger charge is 2.05. The van der Waals surface area contributed by atoms with Gasteiger partial charge in [-0.2, -0.15) is 0 Å². The SMILES string of the molecule is C[C@H](CNC(=S)NCc1ccccc1)c1ccccc1. The molecule has 3 heteroatoms. The van der Waals surface area contributed by atoms with Gasteiger partial charge >= 0.3 is 0 Å². The van der Waals surface area contributed by atoms with Crippen molar-refractivity contribution in [1.82, 2.24) is 10.6 Å². The van der Waals surface area contributed by atoms with Crippen molar-refractivity contribution in [3.05, 3.63) is 71.8 Å². The largest absolute Gasteiger partial charge is 0.362 e. The van der Waals surface area contributed by atoms with E-state index in [0.717, 1.165) is 13.1 Å². The van der Waals surface area contributed by atoms with Crippen molar-refractivity contribution in [3.63, 3.8) is 0 Å². The predicted octanol–water partition coefficient (Wildman–Crippen LogP) is 3.45. The van der Waals surface area contributed by atoms with Crippen LogP contribution in [0.15, 0.2) is 60.7 Å². The van der Waals surface area contributed by atoms with E-state index in [1.807, 2.05) is 24.3 Å². The smallest absolute Gasteiger partial charge is 0.166 e. The predicted molar refractivity (Wildman–Crippen MR) is 88.7 cm³/mol. The van der Waals surface area contributed by atoms with Crippen LogP contribution in [0.5, 0.6) is 0 Å². The van der Waals surface area contributed by atoms with Gasteiger partial charge in [0.1, 0.15) is 0 Å². The normalized spacial score (nSPS) is 11.7. The molecule has 0 saturated heterocycles. The number of thiocarbonyl (C=S) groups is 1. The summed E-state index contributed by atoms with van der Waals surface area (Å²) in [5, 5.41) is 7.20. The van der Waals surface area contributed by atoms with Gasteiger partial charge in [0.2, 0.25) is 0 Å². The van der Waals surface area contributed by atoms with Gasteiger partial charge in [0, 0.05) is 13.1 Å². The van der Waals surface area contributed by atoms with Gasteiger partial charge in [0.15, 0.2) is 5.11 Å². The Morgan fingerprint density at radius 3 is 2.20 bits per heavy atom. The lowest BCUT2D eigenvalue weighted by molar-refractivity contribution is 0.707. The maximum Gasteiger partial charge on any atom is 0.166 e. The zero-order valence-electron chi connectivity index (χ0n) is 11.7. The summed E-state index contributed by atoms with van der Waals surface area (Å²) in [7, 11) is 0. The molecule has 104 valence electrons. The second-order valence-electron chi connectivity index (χ2n) is 4.86. The molecule has 0 heterocycles. The first-order valence-corrected chi connectivity index (χ1v) is 7.27. The average molecular weight is 284 g/mol. The minimum Gasteiger partial charge on any atom is -0.362 e. The highest BCUT2D eigenvalue weighted by Crippen LogP contribution is 2.12. The van der Waals surface area contributed by atoms with Crippen LogP contribution >= 0.6 is 12.2 Å². The topological polar surface area (TPSA) is 24.1 Å². The summed E-state index contributed by atoms with van der Waals surface area (Å²) >= 11 is 5.30. The molecule has 0 aliphatic carbocycles. The fourth-order valence-electron chi connectivity index (χ4n) is 1.99. The molecule has 0 aromatic heterocycles. The number of rotatable bonds is 5. The van der Waals surface area contributed by atoms with Crippen molar-refractivity contribution in [3.8, 4) is 0 Å². The summed E-state index contributed by atoms with van der Waals surface area (Å²) < 4.78 is 0. The Morgan fingerprint density at radius 1 is 0.950 bits per heavy atom. The second kappa shape index (κ2) is 7.65. The van der Waals surface area contributed by atoms with Crippen LogP contribution in [0.1, 0.15) is 24.0 Å². The van der Waals surface area contributed by atoms with Gasteiger partial charge < -0.3 is 10.6 Å². The second-order valence-corrected chi connectivity index (χ2v) is 5.27. The van der Waals surface area contributed by atoms with Crippen LogP contribution in [-0.4, -0.2) is 11.7 Å². The van der Waals surface area contributed by atoms with Crippen molar-refractivity contribution in [2.45, 2.75) is 19.4 Å². The van der Waals surface area contributed by atoms with Gasteiger partial charge in [0.05, 0.1) is 0 Å². The maximum absolute atomic E-state index is 5.30. The molecule has 0 radical (unpaired) electrons. The molecule has 0 amide bonds. The minimum absolute atomic E-state index is 0.438. The van der Waals surface area contributed by atoms with Crippen LogP contribution in [-0.2, 0) is 6.54 Å². The molecule has 2 rings (SSSR count). The fraction of sp³-hybridized carbons (Fsp3) is 0.235. The van der Waals surface area contributed by atoms with Gasteiger partial charge in [-0.05, 0) is 29.3 Å². The third-order valence-corrected chi connectivity index (χ3v) is 3.52. The summed E-state index contributed by atoms with van der Waals surface area (Å²) in [5.74, 6) is 0.438. The average Bonchev–Trinajstić information content (AvgIpc) is 2.52. The van der Waals surface area contributed by atoms with E-state index < -0.39 is 0 Å². The van der Waals surface area contributed by atoms with Crippen LogP contribution in [0.2, 0.25) is 0 Å². The first-order valence-electron chi connectivity index (χ1n) is 6.86. The van der Waals surface area contributed by atoms with E-state index in [1.54, 1.807) is 0 Å². The number of nitrogens with one attached hydrogen (secondary N) is 2. The molecular formula is C17H20N2S. The summed E-state index contributed by atoms with van der Waals surface area (Å²) in [4.78, 5) is 0. The van der Waals surface area contributed by atoms with Gasteiger partial charge in [-0.15, -0.1) is 0 Å². The van der Waals surface area contributed by atoms with Crippen LogP contribution in [0.3, 0.4) is 0 Å². The Bertz CT molecular complexity index is 525. The molecule has 2 aromatic rings. The Kier molecular flexibility index (Phi) is 5.56. The lowest BCUT2D eigenvalue weighted by atomic mass is 10.0. The molecule has 2 nitrogen and oxygen atoms in total. The standard InChI is InChI=1S/C17H20N2S/c1-14(16-10-6-3-7-11-16)12-18-17(20)19-13-15-8-4-2-5-9-15/h2-11,14H,12-13H2,1H3,(H2,18,19,20)/t14-/m1/s1. The molecule has 0 fully saturated rings. The first-order chi connectivity index (χ1) is 9.75. The zero-order chi connectivity index (χ0) is 14.2. The summed E-state index contributed by atoms with van der Waals surface area (Å²) in [6.07, 6.45) is 0. The molecule has 0 spiro atoms. The number of hydrogen-bond donors (Lipinski definition) is 2. The highest BCUT2D eigenvalue weighted by molar-refractivity contribution is 7.80. The van der Waals surface area contributed by atoms with Crippen molar-refractivity contribution in [2.24, 2.45) is 0 Å². The zero-order valence-corrected chi connectivity index (χ0v) is 12.5. The quantitative estimate of drug-likeness (QED) is 0.822. The summed E-state index contributed by atoms with van der Waals surface area (Å²) in [5.41, 5.74) is 2.55. The Morgan fingerprint density at radius 2 is 1.55 bits per heavy atom. The van der Waals surface area contributed by atoms with Crippen molar-refractivity contribution in [2.75, 3.05) is 6.54 Å². The van der Waals surface area contributed by atoms with Crippen molar-refractivity contribution >= 4 is 17.3 Å². The van der Waals surface area contributed by atoms with Crippen LogP contribution in [0, 0.1) is 0 Å². The summed E-state index contributed by atoms with van der Waals surface area (Å²) in [6.45, 7) is 3.79. The van der Waals surface area contributed by atoms with Gasteiger partial charge in [-0.3, -0.25) is 0 Å². The molecule has 0 aliphatic heterocycles. The molecule has 2 N–H and O–H groups in total. The van der Waals surface area contributed by atoms with Crippen LogP contribution < -0.4 is 10.6 Å². The van der Waals surface area contributed by atoms with Gasteiger partial charge in [0.25, 0.3) is 0 Å². The van der Waals surface area contributed by atoms with E-state index in [-0.39, 0.29) is 0 Å².